The average Bonchev–Trinajstić information content (AvgIpc) is 2.86. The van der Waals surface area contributed by atoms with Gasteiger partial charge in [-0.15, -0.1) is 11.3 Å². The van der Waals surface area contributed by atoms with Crippen LogP contribution in [-0.4, -0.2) is 39.3 Å². The Morgan fingerprint density at radius 2 is 2.26 bits per heavy atom. The number of ether oxygens (including phenoxy) is 1. The highest BCUT2D eigenvalue weighted by Crippen LogP contribution is 2.22. The lowest BCUT2D eigenvalue weighted by Gasteiger charge is -2.11. The van der Waals surface area contributed by atoms with Crippen LogP contribution in [0.1, 0.15) is 29.4 Å². The molecule has 0 aromatic carbocycles. The summed E-state index contributed by atoms with van der Waals surface area (Å²) in [6.07, 6.45) is 0.532. The Morgan fingerprint density at radius 1 is 1.58 bits per heavy atom. The summed E-state index contributed by atoms with van der Waals surface area (Å²) in [6, 6.07) is 1.34. The first-order valence-electron chi connectivity index (χ1n) is 5.76. The molecule has 1 heterocycles. The molecule has 0 aliphatic carbocycles. The molecule has 0 spiro atoms. The molecule has 1 rings (SSSR count). The van der Waals surface area contributed by atoms with Crippen molar-refractivity contribution in [3.63, 3.8) is 0 Å². The van der Waals surface area contributed by atoms with Crippen molar-refractivity contribution in [3.05, 3.63) is 16.3 Å². The molecule has 1 aromatic heterocycles. The molecule has 0 aliphatic heterocycles. The Kier molecular flexibility index (Phi) is 5.92. The second-order valence-electron chi connectivity index (χ2n) is 3.90. The first kappa shape index (κ1) is 16.1. The highest BCUT2D eigenvalue weighted by atomic mass is 32.2. The lowest BCUT2D eigenvalue weighted by Crippen LogP contribution is -2.32. The monoisotopic (exact) mass is 307 g/mol. The van der Waals surface area contributed by atoms with Crippen LogP contribution in [0.3, 0.4) is 0 Å². The Labute approximate surface area is 116 Å². The molecule has 6 nitrogen and oxygen atoms in total. The molecular weight excluding hydrogens is 290 g/mol. The molecule has 2 N–H and O–H groups in total. The van der Waals surface area contributed by atoms with E-state index >= 15 is 0 Å². The summed E-state index contributed by atoms with van der Waals surface area (Å²) in [5.41, 5.74) is 0. The van der Waals surface area contributed by atoms with Crippen molar-refractivity contribution in [3.8, 4) is 0 Å². The van der Waals surface area contributed by atoms with E-state index in [1.807, 2.05) is 6.92 Å². The molecule has 108 valence electrons. The van der Waals surface area contributed by atoms with Crippen LogP contribution in [-0.2, 0) is 14.8 Å². The van der Waals surface area contributed by atoms with Gasteiger partial charge in [-0.25, -0.2) is 17.9 Å². The quantitative estimate of drug-likeness (QED) is 0.732. The molecule has 1 atom stereocenters. The SMILES string of the molecule is CCCC(O)CNS(=O)(=O)c1ccsc1C(=O)OC. The molecule has 0 radical (unpaired) electrons. The Morgan fingerprint density at radius 3 is 2.84 bits per heavy atom. The van der Waals surface area contributed by atoms with E-state index < -0.39 is 22.1 Å². The van der Waals surface area contributed by atoms with Gasteiger partial charge in [0.05, 0.1) is 13.2 Å². The zero-order valence-electron chi connectivity index (χ0n) is 10.8. The molecule has 1 unspecified atom stereocenters. The van der Waals surface area contributed by atoms with Crippen LogP contribution in [0.15, 0.2) is 16.3 Å². The topological polar surface area (TPSA) is 92.7 Å². The third-order valence-electron chi connectivity index (χ3n) is 2.42. The van der Waals surface area contributed by atoms with Gasteiger partial charge in [0.2, 0.25) is 10.0 Å². The van der Waals surface area contributed by atoms with E-state index in [0.29, 0.717) is 6.42 Å². The van der Waals surface area contributed by atoms with Gasteiger partial charge in [-0.2, -0.15) is 0 Å². The molecule has 1 aromatic rings. The summed E-state index contributed by atoms with van der Waals surface area (Å²) in [5.74, 6) is -0.690. The number of esters is 1. The number of aliphatic hydroxyl groups is 1. The van der Waals surface area contributed by atoms with Gasteiger partial charge in [-0.05, 0) is 17.9 Å². The predicted octanol–water partition coefficient (Wildman–Crippen LogP) is 0.974. The van der Waals surface area contributed by atoms with E-state index in [9.17, 15) is 18.3 Å². The normalized spacial score (nSPS) is 13.2. The number of carbonyl (C=O) groups excluding carboxylic acids is 1. The van der Waals surface area contributed by atoms with Crippen molar-refractivity contribution >= 4 is 27.3 Å². The van der Waals surface area contributed by atoms with E-state index in [0.717, 1.165) is 17.8 Å². The Balaban J connectivity index is 2.83. The third-order valence-corrected chi connectivity index (χ3v) is 4.91. The number of hydrogen-bond acceptors (Lipinski definition) is 6. The average molecular weight is 307 g/mol. The maximum absolute atomic E-state index is 12.0. The van der Waals surface area contributed by atoms with E-state index in [2.05, 4.69) is 9.46 Å². The summed E-state index contributed by atoms with van der Waals surface area (Å²) >= 11 is 0.997. The van der Waals surface area contributed by atoms with E-state index in [1.54, 1.807) is 0 Å². The van der Waals surface area contributed by atoms with Gasteiger partial charge < -0.3 is 9.84 Å². The number of nitrogens with one attached hydrogen (secondary N) is 1. The largest absolute Gasteiger partial charge is 0.465 e. The molecule has 8 heteroatoms. The number of carbonyl (C=O) groups is 1. The van der Waals surface area contributed by atoms with Gasteiger partial charge in [0.25, 0.3) is 0 Å². The minimum atomic E-state index is -3.82. The fraction of sp³-hybridized carbons (Fsp3) is 0.545. The summed E-state index contributed by atoms with van der Waals surface area (Å²) in [5, 5.41) is 11.0. The smallest absolute Gasteiger partial charge is 0.349 e. The molecular formula is C11H17NO5S2. The molecule has 0 saturated carbocycles. The van der Waals surface area contributed by atoms with Crippen molar-refractivity contribution in [1.29, 1.82) is 0 Å². The van der Waals surface area contributed by atoms with Crippen molar-refractivity contribution < 1.29 is 23.1 Å². The van der Waals surface area contributed by atoms with Crippen LogP contribution in [0.2, 0.25) is 0 Å². The van der Waals surface area contributed by atoms with Gasteiger partial charge in [0.1, 0.15) is 9.77 Å². The van der Waals surface area contributed by atoms with E-state index in [4.69, 9.17) is 0 Å². The highest BCUT2D eigenvalue weighted by Gasteiger charge is 2.24. The number of methoxy groups -OCH3 is 1. The lowest BCUT2D eigenvalue weighted by atomic mass is 10.2. The first-order chi connectivity index (χ1) is 8.92. The lowest BCUT2D eigenvalue weighted by molar-refractivity contribution is 0.0602. The zero-order chi connectivity index (χ0) is 14.5. The predicted molar refractivity (Wildman–Crippen MR) is 71.8 cm³/mol. The molecule has 0 aliphatic rings. The molecule has 0 fully saturated rings. The van der Waals surface area contributed by atoms with Gasteiger partial charge >= 0.3 is 5.97 Å². The number of rotatable bonds is 7. The first-order valence-corrected chi connectivity index (χ1v) is 8.12. The van der Waals surface area contributed by atoms with Crippen LogP contribution in [0.4, 0.5) is 0 Å². The Bertz CT molecular complexity index is 523. The minimum absolute atomic E-state index is 0.0278. The van der Waals surface area contributed by atoms with Crippen LogP contribution in [0.5, 0.6) is 0 Å². The van der Waals surface area contributed by atoms with Gasteiger partial charge in [0.15, 0.2) is 0 Å². The number of thiophene rings is 1. The number of hydrogen-bond donors (Lipinski definition) is 2. The minimum Gasteiger partial charge on any atom is -0.465 e. The second-order valence-corrected chi connectivity index (χ2v) is 6.55. The maximum Gasteiger partial charge on any atom is 0.349 e. The van der Waals surface area contributed by atoms with Gasteiger partial charge in [-0.3, -0.25) is 0 Å². The van der Waals surface area contributed by atoms with Crippen molar-refractivity contribution in [1.82, 2.24) is 4.72 Å². The standard InChI is InChI=1S/C11H17NO5S2/c1-3-4-8(13)7-12-19(15,16)9-5-6-18-10(9)11(14)17-2/h5-6,8,12-13H,3-4,7H2,1-2H3. The number of sulfonamides is 1. The van der Waals surface area contributed by atoms with Gasteiger partial charge in [-0.1, -0.05) is 13.3 Å². The maximum atomic E-state index is 12.0. The van der Waals surface area contributed by atoms with Crippen LogP contribution in [0.25, 0.3) is 0 Å². The van der Waals surface area contributed by atoms with Crippen molar-refractivity contribution in [2.45, 2.75) is 30.8 Å². The third kappa shape index (κ3) is 4.27. The fourth-order valence-corrected chi connectivity index (χ4v) is 3.88. The van der Waals surface area contributed by atoms with Crippen molar-refractivity contribution in [2.75, 3.05) is 13.7 Å². The summed E-state index contributed by atoms with van der Waals surface area (Å²) < 4.78 is 30.9. The van der Waals surface area contributed by atoms with Crippen molar-refractivity contribution in [2.24, 2.45) is 0 Å². The van der Waals surface area contributed by atoms with Crippen LogP contribution < -0.4 is 4.72 Å². The van der Waals surface area contributed by atoms with Gasteiger partial charge in [0, 0.05) is 6.54 Å². The molecule has 0 bridgehead atoms. The second kappa shape index (κ2) is 6.99. The number of aliphatic hydroxyl groups excluding tert-OH is 1. The van der Waals surface area contributed by atoms with Crippen LogP contribution >= 0.6 is 11.3 Å². The molecule has 19 heavy (non-hydrogen) atoms. The summed E-state index contributed by atoms with van der Waals surface area (Å²) in [6.45, 7) is 1.82. The highest BCUT2D eigenvalue weighted by molar-refractivity contribution is 7.89. The summed E-state index contributed by atoms with van der Waals surface area (Å²) in [7, 11) is -2.63. The van der Waals surface area contributed by atoms with Crippen LogP contribution in [0, 0.1) is 0 Å². The fourth-order valence-electron chi connectivity index (χ4n) is 1.47. The van der Waals surface area contributed by atoms with E-state index in [-0.39, 0.29) is 16.3 Å². The Hall–Kier alpha value is -0.960. The molecule has 0 amide bonds. The van der Waals surface area contributed by atoms with E-state index in [1.165, 1.54) is 18.6 Å². The zero-order valence-corrected chi connectivity index (χ0v) is 12.4. The summed E-state index contributed by atoms with van der Waals surface area (Å²) in [4.78, 5) is 11.3. The molecule has 0 saturated heterocycles.